The predicted molar refractivity (Wildman–Crippen MR) is 134 cm³/mol. The molecule has 0 bridgehead atoms. The third-order valence-electron chi connectivity index (χ3n) is 5.65. The number of carbonyl (C=O) groups excluding carboxylic acids is 2. The Morgan fingerprint density at radius 3 is 2.64 bits per heavy atom. The van der Waals surface area contributed by atoms with E-state index in [0.717, 1.165) is 11.3 Å². The van der Waals surface area contributed by atoms with Crippen LogP contribution in [0.15, 0.2) is 73.2 Å². The maximum atomic E-state index is 14.7. The summed E-state index contributed by atoms with van der Waals surface area (Å²) in [5.74, 6) is -0.00962. The van der Waals surface area contributed by atoms with Gasteiger partial charge in [0.15, 0.2) is 17.3 Å². The molecular weight excluding hydrogens is 463 g/mol. The molecule has 10 heteroatoms. The highest BCUT2D eigenvalue weighted by Crippen LogP contribution is 2.29. The number of Topliss-reactive ketones (excluding diaryl/α,β-unsaturated/α-hetero) is 1. The summed E-state index contributed by atoms with van der Waals surface area (Å²) >= 11 is 0. The molecule has 1 aliphatic heterocycles. The van der Waals surface area contributed by atoms with E-state index < -0.39 is 11.8 Å². The van der Waals surface area contributed by atoms with E-state index in [1.165, 1.54) is 12.1 Å². The summed E-state index contributed by atoms with van der Waals surface area (Å²) in [7, 11) is 1.81. The number of benzene rings is 2. The zero-order valence-corrected chi connectivity index (χ0v) is 19.4. The third kappa shape index (κ3) is 5.33. The van der Waals surface area contributed by atoms with Crippen LogP contribution in [0.5, 0.6) is 11.5 Å². The van der Waals surface area contributed by atoms with Gasteiger partial charge in [0.05, 0.1) is 18.4 Å². The number of amides is 2. The van der Waals surface area contributed by atoms with E-state index in [4.69, 9.17) is 4.74 Å². The van der Waals surface area contributed by atoms with Crippen molar-refractivity contribution in [3.05, 3.63) is 79.0 Å². The van der Waals surface area contributed by atoms with Crippen molar-refractivity contribution in [3.63, 3.8) is 0 Å². The number of pyridine rings is 1. The Hall–Kier alpha value is -4.73. The molecule has 0 aliphatic carbocycles. The minimum atomic E-state index is -0.631. The molecular formula is C26H23FN6O3. The number of carbonyl (C=O) groups is 2. The first-order chi connectivity index (χ1) is 17.4. The van der Waals surface area contributed by atoms with E-state index >= 15 is 0 Å². The first kappa shape index (κ1) is 23.0. The maximum Gasteiger partial charge on any atom is 0.323 e. The fourth-order valence-electron chi connectivity index (χ4n) is 3.90. The van der Waals surface area contributed by atoms with Gasteiger partial charge in [0, 0.05) is 67.2 Å². The number of ketones is 1. The number of anilines is 3. The zero-order chi connectivity index (χ0) is 25.1. The number of hydrogen-bond donors (Lipinski definition) is 2. The molecule has 36 heavy (non-hydrogen) atoms. The van der Waals surface area contributed by atoms with Gasteiger partial charge in [0.1, 0.15) is 5.75 Å². The molecule has 0 saturated carbocycles. The molecule has 2 aromatic carbocycles. The standard InChI is InChI=1S/C26H23FN6O3/c1-32-15-17(14-29-32)24-13-22(7-9-28-24)36-25-6-5-19(12-23(25)27)31-26(35)30-18-3-2-4-20(11-18)33-10-8-21(34)16-33/h2-7,9,11-15H,8,10,16H2,1H3,(H2,30,31,35). The lowest BCUT2D eigenvalue weighted by Gasteiger charge is -2.17. The largest absolute Gasteiger partial charge is 0.454 e. The minimum Gasteiger partial charge on any atom is -0.454 e. The number of urea groups is 1. The number of aromatic nitrogens is 3. The predicted octanol–water partition coefficient (Wildman–Crippen LogP) is 4.84. The highest BCUT2D eigenvalue weighted by molar-refractivity contribution is 6.00. The van der Waals surface area contributed by atoms with Crippen molar-refractivity contribution in [3.8, 4) is 22.8 Å². The van der Waals surface area contributed by atoms with Gasteiger partial charge in [-0.2, -0.15) is 5.10 Å². The summed E-state index contributed by atoms with van der Waals surface area (Å²) < 4.78 is 22.1. The summed E-state index contributed by atoms with van der Waals surface area (Å²) in [5, 5.41) is 9.48. The van der Waals surface area contributed by atoms with Crippen LogP contribution >= 0.6 is 0 Å². The zero-order valence-electron chi connectivity index (χ0n) is 19.4. The van der Waals surface area contributed by atoms with Gasteiger partial charge in [-0.15, -0.1) is 0 Å². The quantitative estimate of drug-likeness (QED) is 0.405. The average molecular weight is 487 g/mol. The Morgan fingerprint density at radius 1 is 1.08 bits per heavy atom. The third-order valence-corrected chi connectivity index (χ3v) is 5.65. The lowest BCUT2D eigenvalue weighted by atomic mass is 10.2. The summed E-state index contributed by atoms with van der Waals surface area (Å²) in [6.45, 7) is 1.03. The highest BCUT2D eigenvalue weighted by Gasteiger charge is 2.19. The highest BCUT2D eigenvalue weighted by atomic mass is 19.1. The van der Waals surface area contributed by atoms with Gasteiger partial charge in [-0.05, 0) is 36.4 Å². The average Bonchev–Trinajstić information content (AvgIpc) is 3.49. The monoisotopic (exact) mass is 486 g/mol. The summed E-state index contributed by atoms with van der Waals surface area (Å²) in [5.41, 5.74) is 3.15. The Kier molecular flexibility index (Phi) is 6.31. The van der Waals surface area contributed by atoms with E-state index in [1.54, 1.807) is 53.5 Å². The maximum absolute atomic E-state index is 14.7. The second kappa shape index (κ2) is 9.87. The van der Waals surface area contributed by atoms with Crippen molar-refractivity contribution in [2.24, 2.45) is 7.05 Å². The number of nitrogens with one attached hydrogen (secondary N) is 2. The molecule has 1 fully saturated rings. The number of aryl methyl sites for hydroxylation is 1. The molecule has 9 nitrogen and oxygen atoms in total. The first-order valence-electron chi connectivity index (χ1n) is 11.3. The Morgan fingerprint density at radius 2 is 1.92 bits per heavy atom. The smallest absolute Gasteiger partial charge is 0.323 e. The van der Waals surface area contributed by atoms with E-state index in [1.807, 2.05) is 24.2 Å². The van der Waals surface area contributed by atoms with Crippen LogP contribution in [-0.4, -0.2) is 39.7 Å². The number of rotatable bonds is 6. The van der Waals surface area contributed by atoms with Crippen LogP contribution < -0.4 is 20.3 Å². The second-order valence-corrected chi connectivity index (χ2v) is 8.37. The molecule has 0 spiro atoms. The van der Waals surface area contributed by atoms with Crippen molar-refractivity contribution >= 4 is 28.9 Å². The topological polar surface area (TPSA) is 101 Å². The molecule has 182 valence electrons. The Balaban J connectivity index is 1.22. The Bertz CT molecular complexity index is 1440. The van der Waals surface area contributed by atoms with Crippen LogP contribution in [0.3, 0.4) is 0 Å². The number of nitrogens with zero attached hydrogens (tertiary/aromatic N) is 4. The number of ether oxygens (including phenoxy) is 1. The lowest BCUT2D eigenvalue weighted by Crippen LogP contribution is -2.21. The summed E-state index contributed by atoms with van der Waals surface area (Å²) in [6.07, 6.45) is 5.60. The van der Waals surface area contributed by atoms with Crippen LogP contribution in [0.2, 0.25) is 0 Å². The van der Waals surface area contributed by atoms with Crippen molar-refractivity contribution in [2.45, 2.75) is 6.42 Å². The van der Waals surface area contributed by atoms with Crippen LogP contribution in [0.1, 0.15) is 6.42 Å². The molecule has 1 saturated heterocycles. The molecule has 0 atom stereocenters. The van der Waals surface area contributed by atoms with Crippen molar-refractivity contribution in [1.82, 2.24) is 14.8 Å². The molecule has 5 rings (SSSR count). The van der Waals surface area contributed by atoms with Crippen molar-refractivity contribution in [1.29, 1.82) is 0 Å². The van der Waals surface area contributed by atoms with Gasteiger partial charge in [-0.1, -0.05) is 6.07 Å². The van der Waals surface area contributed by atoms with Crippen LogP contribution in [0.4, 0.5) is 26.2 Å². The SMILES string of the molecule is Cn1cc(-c2cc(Oc3ccc(NC(=O)Nc4cccc(N5CCC(=O)C5)c4)cc3F)ccn2)cn1. The summed E-state index contributed by atoms with van der Waals surface area (Å²) in [6, 6.07) is 14.2. The number of hydrogen-bond acceptors (Lipinski definition) is 6. The fraction of sp³-hybridized carbons (Fsp3) is 0.154. The van der Waals surface area contributed by atoms with E-state index in [9.17, 15) is 14.0 Å². The normalized spacial score (nSPS) is 13.1. The van der Waals surface area contributed by atoms with Crippen molar-refractivity contribution in [2.75, 3.05) is 28.6 Å². The van der Waals surface area contributed by atoms with Crippen LogP contribution in [0, 0.1) is 5.82 Å². The minimum absolute atomic E-state index is 0.0113. The van der Waals surface area contributed by atoms with Gasteiger partial charge in [0.2, 0.25) is 0 Å². The first-order valence-corrected chi connectivity index (χ1v) is 11.3. The van der Waals surface area contributed by atoms with Crippen LogP contribution in [-0.2, 0) is 11.8 Å². The molecule has 2 amide bonds. The van der Waals surface area contributed by atoms with E-state index in [-0.39, 0.29) is 17.2 Å². The van der Waals surface area contributed by atoms with Gasteiger partial charge in [0.25, 0.3) is 0 Å². The van der Waals surface area contributed by atoms with Crippen LogP contribution in [0.25, 0.3) is 11.3 Å². The molecule has 2 N–H and O–H groups in total. The fourth-order valence-corrected chi connectivity index (χ4v) is 3.90. The summed E-state index contributed by atoms with van der Waals surface area (Å²) in [4.78, 5) is 30.3. The van der Waals surface area contributed by atoms with E-state index in [2.05, 4.69) is 20.7 Å². The molecule has 0 unspecified atom stereocenters. The Labute approximate surface area is 206 Å². The number of halogens is 1. The molecule has 4 aromatic rings. The molecule has 1 aliphatic rings. The van der Waals surface area contributed by atoms with Gasteiger partial charge >= 0.3 is 6.03 Å². The van der Waals surface area contributed by atoms with Gasteiger partial charge < -0.3 is 20.3 Å². The van der Waals surface area contributed by atoms with E-state index in [0.29, 0.717) is 36.6 Å². The molecule has 2 aromatic heterocycles. The molecule has 3 heterocycles. The lowest BCUT2D eigenvalue weighted by molar-refractivity contribution is -0.116. The van der Waals surface area contributed by atoms with Gasteiger partial charge in [-0.25, -0.2) is 9.18 Å². The molecule has 0 radical (unpaired) electrons. The van der Waals surface area contributed by atoms with Crippen molar-refractivity contribution < 1.29 is 18.7 Å². The second-order valence-electron chi connectivity index (χ2n) is 8.37. The van der Waals surface area contributed by atoms with Gasteiger partial charge in [-0.3, -0.25) is 14.5 Å².